The van der Waals surface area contributed by atoms with Crippen LogP contribution in [-0.4, -0.2) is 35.8 Å². The van der Waals surface area contributed by atoms with Gasteiger partial charge in [0, 0.05) is 5.88 Å². The van der Waals surface area contributed by atoms with Gasteiger partial charge in [0.1, 0.15) is 0 Å². The van der Waals surface area contributed by atoms with Crippen molar-refractivity contribution in [3.8, 4) is 0 Å². The van der Waals surface area contributed by atoms with Crippen LogP contribution in [-0.2, 0) is 0 Å². The summed E-state index contributed by atoms with van der Waals surface area (Å²) in [6.07, 6.45) is 3.73. The fraction of sp³-hybridized carbons (Fsp3) is 0.455. The first-order chi connectivity index (χ1) is 11.3. The molecule has 0 saturated heterocycles. The van der Waals surface area contributed by atoms with E-state index >= 15 is 0 Å². The second-order valence-electron chi connectivity index (χ2n) is 3.90. The Morgan fingerprint density at radius 3 is 1.29 bits per heavy atom. The van der Waals surface area contributed by atoms with E-state index in [1.807, 2.05) is 0 Å². The van der Waals surface area contributed by atoms with Crippen molar-refractivity contribution < 1.29 is 0 Å². The van der Waals surface area contributed by atoms with Crippen LogP contribution in [0.4, 0.5) is 0 Å². The Kier molecular flexibility index (Phi) is 12.2. The highest BCUT2D eigenvalue weighted by Gasteiger charge is 1.97. The highest BCUT2D eigenvalue weighted by Crippen LogP contribution is 2.08. The molecule has 0 amide bonds. The number of nitrogens with one attached hydrogen (secondary N) is 3. The molecule has 0 spiro atoms. The topological polar surface area (TPSA) is 137 Å². The number of hydrogen-bond acceptors (Lipinski definition) is 6. The van der Waals surface area contributed by atoms with Crippen LogP contribution in [0.15, 0.2) is 14.4 Å². The largest absolute Gasteiger partial charge is 0.330 e. The summed E-state index contributed by atoms with van der Waals surface area (Å²) in [5.74, 6) is 0.827. The van der Waals surface area contributed by atoms with E-state index in [1.54, 1.807) is 15.0 Å². The van der Waals surface area contributed by atoms with Gasteiger partial charge in [-0.15, -0.1) is 11.6 Å². The first-order valence-corrected chi connectivity index (χ1v) is 8.16. The summed E-state index contributed by atoms with van der Waals surface area (Å²) in [6.45, 7) is 2.17. The smallest absolute Gasteiger partial charge is 0.259 e. The lowest BCUT2D eigenvalue weighted by Crippen LogP contribution is -2.34. The fourth-order valence-electron chi connectivity index (χ4n) is 1.05. The minimum atomic E-state index is -0.802. The lowest BCUT2D eigenvalue weighted by Gasteiger charge is -1.88. The molecule has 0 aliphatic rings. The van der Waals surface area contributed by atoms with Crippen molar-refractivity contribution in [3.63, 3.8) is 0 Å². The van der Waals surface area contributed by atoms with Gasteiger partial charge in [-0.3, -0.25) is 15.0 Å². The van der Waals surface area contributed by atoms with Crippen LogP contribution < -0.4 is 17.1 Å². The van der Waals surface area contributed by atoms with E-state index in [-0.39, 0.29) is 15.9 Å². The van der Waals surface area contributed by atoms with Crippen molar-refractivity contribution in [2.24, 2.45) is 0 Å². The van der Waals surface area contributed by atoms with Gasteiger partial charge in [0.2, 0.25) is 15.9 Å². The van der Waals surface area contributed by atoms with Gasteiger partial charge >= 0.3 is 17.1 Å². The van der Waals surface area contributed by atoms with E-state index in [1.165, 1.54) is 19.3 Å². The lowest BCUT2D eigenvalue weighted by molar-refractivity contribution is 0.776. The van der Waals surface area contributed by atoms with Gasteiger partial charge in [-0.2, -0.15) is 15.0 Å². The maximum atomic E-state index is 10.2. The molecule has 0 bridgehead atoms. The molecule has 0 radical (unpaired) electrons. The minimum absolute atomic E-state index is 0.000000000000000444. The Hall–Kier alpha value is -1.42. The number of halogens is 4. The average molecular weight is 420 g/mol. The van der Waals surface area contributed by atoms with Crippen LogP contribution >= 0.6 is 46.4 Å². The molecule has 13 heteroatoms. The maximum absolute atomic E-state index is 10.2. The van der Waals surface area contributed by atoms with Crippen LogP contribution in [0.2, 0.25) is 15.9 Å². The summed E-state index contributed by atoms with van der Waals surface area (Å²) in [4.78, 5) is 46.3. The minimum Gasteiger partial charge on any atom is -0.259 e. The van der Waals surface area contributed by atoms with Crippen molar-refractivity contribution in [1.29, 1.82) is 0 Å². The van der Waals surface area contributed by atoms with Gasteiger partial charge in [-0.25, -0.2) is 14.4 Å². The Labute approximate surface area is 155 Å². The lowest BCUT2D eigenvalue weighted by atomic mass is 10.3. The number of alkyl halides is 1. The number of unbranched alkanes of at least 4 members (excludes halogenated alkanes) is 2. The zero-order valence-corrected chi connectivity index (χ0v) is 15.4. The van der Waals surface area contributed by atoms with Gasteiger partial charge in [0.05, 0.1) is 0 Å². The molecule has 0 aliphatic heterocycles. The molecular formula is C11H14Cl4N6O3. The molecule has 2 aromatic heterocycles. The van der Waals surface area contributed by atoms with Crippen molar-refractivity contribution >= 4 is 46.4 Å². The summed E-state index contributed by atoms with van der Waals surface area (Å²) >= 11 is 21.3. The molecule has 0 atom stereocenters. The molecule has 9 nitrogen and oxygen atoms in total. The molecule has 3 N–H and O–H groups in total. The molecule has 24 heavy (non-hydrogen) atoms. The average Bonchev–Trinajstić information content (AvgIpc) is 2.43. The second kappa shape index (κ2) is 12.9. The predicted molar refractivity (Wildman–Crippen MR) is 93.4 cm³/mol. The molecule has 0 unspecified atom stereocenters. The zero-order valence-electron chi connectivity index (χ0n) is 12.4. The van der Waals surface area contributed by atoms with Crippen LogP contribution in [0.1, 0.15) is 26.2 Å². The number of H-pyrrole nitrogens is 3. The van der Waals surface area contributed by atoms with Gasteiger partial charge in [-0.1, -0.05) is 19.8 Å². The van der Waals surface area contributed by atoms with Gasteiger partial charge < -0.3 is 0 Å². The van der Waals surface area contributed by atoms with Gasteiger partial charge in [-0.05, 0) is 41.2 Å². The highest BCUT2D eigenvalue weighted by molar-refractivity contribution is 6.33. The third-order valence-corrected chi connectivity index (χ3v) is 2.75. The van der Waals surface area contributed by atoms with E-state index in [4.69, 9.17) is 46.4 Å². The summed E-state index contributed by atoms with van der Waals surface area (Å²) in [5, 5.41) is 0.00000000000000178. The number of nitrogens with zero attached hydrogens (tertiary/aromatic N) is 3. The quantitative estimate of drug-likeness (QED) is 0.513. The normalized spacial score (nSPS) is 9.38. The van der Waals surface area contributed by atoms with Crippen molar-refractivity contribution in [2.45, 2.75) is 26.2 Å². The first-order valence-electron chi connectivity index (χ1n) is 6.50. The summed E-state index contributed by atoms with van der Waals surface area (Å²) < 4.78 is 0. The first kappa shape index (κ1) is 22.6. The third kappa shape index (κ3) is 12.1. The molecule has 2 heterocycles. The Bertz CT molecular complexity index is 642. The zero-order chi connectivity index (χ0) is 18.5. The Morgan fingerprint density at radius 1 is 0.750 bits per heavy atom. The van der Waals surface area contributed by atoms with Crippen molar-refractivity contribution in [2.75, 3.05) is 5.88 Å². The van der Waals surface area contributed by atoms with Crippen LogP contribution in [0.3, 0.4) is 0 Å². The van der Waals surface area contributed by atoms with Crippen molar-refractivity contribution in [3.05, 3.63) is 47.3 Å². The van der Waals surface area contributed by atoms with Crippen LogP contribution in [0.25, 0.3) is 0 Å². The Morgan fingerprint density at radius 2 is 1.08 bits per heavy atom. The Balaban J connectivity index is 0.000000340. The van der Waals surface area contributed by atoms with E-state index in [0.717, 1.165) is 5.88 Å². The number of hydrogen-bond donors (Lipinski definition) is 3. The summed E-state index contributed by atoms with van der Waals surface area (Å²) in [5.41, 5.74) is -2.41. The maximum Gasteiger partial charge on any atom is 0.330 e. The highest BCUT2D eigenvalue weighted by atomic mass is 35.5. The molecule has 0 fully saturated rings. The van der Waals surface area contributed by atoms with Gasteiger partial charge in [0.15, 0.2) is 0 Å². The third-order valence-electron chi connectivity index (χ3n) is 1.97. The standard InChI is InChI=1S/C5H11Cl.C3Cl3N3.C3H3N3O3/c1-2-3-4-5-6;4-1-7-2(5)9-3(6)8-1;7-1-4-2(8)6-3(9)5-1/h2-5H2,1H3;;(H3,4,5,6,7,8,9). The number of aromatic amines is 3. The molecule has 134 valence electrons. The summed E-state index contributed by atoms with van der Waals surface area (Å²) in [6, 6.07) is 0. The van der Waals surface area contributed by atoms with Crippen LogP contribution in [0, 0.1) is 0 Å². The van der Waals surface area contributed by atoms with Gasteiger partial charge in [0.25, 0.3) is 0 Å². The van der Waals surface area contributed by atoms with Crippen molar-refractivity contribution in [1.82, 2.24) is 29.9 Å². The monoisotopic (exact) mass is 418 g/mol. The second-order valence-corrected chi connectivity index (χ2v) is 5.29. The van der Waals surface area contributed by atoms with E-state index < -0.39 is 17.1 Å². The SMILES string of the molecule is CCCCCCl.Clc1nc(Cl)nc(Cl)n1.O=c1[nH]c(=O)[nH]c(=O)[nH]1. The number of rotatable bonds is 3. The van der Waals surface area contributed by atoms with Crippen LogP contribution in [0.5, 0.6) is 0 Å². The molecule has 2 rings (SSSR count). The number of aromatic nitrogens is 6. The molecule has 0 aromatic carbocycles. The molecule has 0 saturated carbocycles. The van der Waals surface area contributed by atoms with E-state index in [2.05, 4.69) is 21.9 Å². The summed E-state index contributed by atoms with van der Waals surface area (Å²) in [7, 11) is 0. The predicted octanol–water partition coefficient (Wildman–Crippen LogP) is 2.00. The van der Waals surface area contributed by atoms with E-state index in [9.17, 15) is 14.4 Å². The molecule has 0 aliphatic carbocycles. The molecular weight excluding hydrogens is 406 g/mol. The molecule has 2 aromatic rings. The van der Waals surface area contributed by atoms with E-state index in [0.29, 0.717) is 0 Å². The fourth-order valence-corrected chi connectivity index (χ4v) is 1.85.